The number of rotatable bonds is 8. The van der Waals surface area contributed by atoms with E-state index in [-0.39, 0.29) is 23.3 Å². The molecular weight excluding hydrogens is 522 g/mol. The first-order valence-corrected chi connectivity index (χ1v) is 14.7. The Kier molecular flexibility index (Phi) is 6.69. The maximum Gasteiger partial charge on any atom is 0.352 e. The van der Waals surface area contributed by atoms with E-state index in [0.717, 1.165) is 35.1 Å². The van der Waals surface area contributed by atoms with Crippen LogP contribution in [0.15, 0.2) is 70.3 Å². The van der Waals surface area contributed by atoms with Gasteiger partial charge in [0.05, 0.1) is 5.75 Å². The fraction of sp³-hybridized carbons (Fsp3) is 0.357. The minimum absolute atomic E-state index is 0.0368. The molecule has 0 radical (unpaired) electrons. The fourth-order valence-electron chi connectivity index (χ4n) is 5.17. The van der Waals surface area contributed by atoms with Crippen LogP contribution >= 0.6 is 23.5 Å². The summed E-state index contributed by atoms with van der Waals surface area (Å²) in [6.07, 6.45) is 4.57. The van der Waals surface area contributed by atoms with Gasteiger partial charge in [0.1, 0.15) is 17.1 Å². The Morgan fingerprint density at radius 2 is 1.92 bits per heavy atom. The van der Waals surface area contributed by atoms with Gasteiger partial charge in [-0.3, -0.25) is 19.3 Å². The van der Waals surface area contributed by atoms with Crippen molar-refractivity contribution in [3.8, 4) is 0 Å². The number of aliphatic carboxylic acids is 1. The van der Waals surface area contributed by atoms with Crippen LogP contribution in [0.25, 0.3) is 10.8 Å². The molecule has 3 heterocycles. The summed E-state index contributed by atoms with van der Waals surface area (Å²) in [5, 5.41) is 14.5. The number of hydrogen-bond donors (Lipinski definition) is 2. The average molecular weight is 550 g/mol. The number of likely N-dealkylation sites (tertiary alicyclic amines) is 1. The van der Waals surface area contributed by atoms with Gasteiger partial charge in [0.25, 0.3) is 5.91 Å². The Bertz CT molecular complexity index is 1420. The number of fused-ring (bicyclic) bond motifs is 2. The van der Waals surface area contributed by atoms with Crippen molar-refractivity contribution in [1.29, 1.82) is 0 Å². The van der Waals surface area contributed by atoms with Gasteiger partial charge in [0, 0.05) is 29.3 Å². The largest absolute Gasteiger partial charge is 0.477 e. The summed E-state index contributed by atoms with van der Waals surface area (Å²) in [7, 11) is 0. The smallest absolute Gasteiger partial charge is 0.352 e. The lowest BCUT2D eigenvalue weighted by Gasteiger charge is -2.49. The molecule has 8 nitrogen and oxygen atoms in total. The fourth-order valence-corrected chi connectivity index (χ4v) is 7.23. The van der Waals surface area contributed by atoms with Crippen molar-refractivity contribution in [1.82, 2.24) is 15.1 Å². The van der Waals surface area contributed by atoms with E-state index >= 15 is 0 Å². The number of carboxylic acid groups (broad SMARTS) is 1. The summed E-state index contributed by atoms with van der Waals surface area (Å²) in [5.74, 6) is -0.853. The molecule has 1 aliphatic carbocycles. The Morgan fingerprint density at radius 3 is 2.68 bits per heavy atom. The molecule has 10 heteroatoms. The molecular formula is C28H27N3O5S2. The molecule has 196 valence electrons. The van der Waals surface area contributed by atoms with Crippen LogP contribution in [-0.2, 0) is 19.2 Å². The number of allylic oxidation sites excluding steroid dienone is 1. The van der Waals surface area contributed by atoms with E-state index in [1.807, 2.05) is 47.4 Å². The highest BCUT2D eigenvalue weighted by Crippen LogP contribution is 2.41. The van der Waals surface area contributed by atoms with E-state index in [2.05, 4.69) is 5.32 Å². The Hall–Kier alpha value is -3.24. The highest BCUT2D eigenvalue weighted by molar-refractivity contribution is 8.00. The van der Waals surface area contributed by atoms with Crippen LogP contribution in [0.1, 0.15) is 19.3 Å². The van der Waals surface area contributed by atoms with Crippen molar-refractivity contribution in [3.63, 3.8) is 0 Å². The third kappa shape index (κ3) is 4.82. The lowest BCUT2D eigenvalue weighted by atomic mass is 10.0. The zero-order valence-corrected chi connectivity index (χ0v) is 22.2. The standard InChI is InChI=1S/C28H27N3O5S2/c32-22(15-37-21-8-7-17-3-1-2-4-18(17)12-21)29-23-26(34)31-24(28(35)36)20(14-38-27(23)31)11-19-9-10-30(25(19)33)13-16-5-6-16/h1-4,7-8,11-12,16,23,27H,5-6,9-10,13-15H2,(H,29,32)(H,35,36). The third-order valence-electron chi connectivity index (χ3n) is 7.34. The van der Waals surface area contributed by atoms with E-state index in [1.54, 1.807) is 6.08 Å². The van der Waals surface area contributed by atoms with Gasteiger partial charge < -0.3 is 15.3 Å². The molecule has 3 amide bonds. The van der Waals surface area contributed by atoms with E-state index in [9.17, 15) is 24.3 Å². The number of nitrogens with one attached hydrogen (secondary N) is 1. The molecule has 38 heavy (non-hydrogen) atoms. The highest BCUT2D eigenvalue weighted by Gasteiger charge is 2.54. The Labute approximate surface area is 228 Å². The monoisotopic (exact) mass is 549 g/mol. The Balaban J connectivity index is 1.10. The molecule has 6 rings (SSSR count). The summed E-state index contributed by atoms with van der Waals surface area (Å²) in [5.41, 5.74) is 0.984. The summed E-state index contributed by atoms with van der Waals surface area (Å²) in [6, 6.07) is 13.2. The van der Waals surface area contributed by atoms with E-state index in [0.29, 0.717) is 35.8 Å². The second-order valence-corrected chi connectivity index (χ2v) is 12.2. The first-order chi connectivity index (χ1) is 18.4. The molecule has 2 unspecified atom stereocenters. The van der Waals surface area contributed by atoms with E-state index < -0.39 is 23.3 Å². The van der Waals surface area contributed by atoms with Crippen LogP contribution in [0.4, 0.5) is 0 Å². The summed E-state index contributed by atoms with van der Waals surface area (Å²) >= 11 is 2.80. The number of carbonyl (C=O) groups is 4. The third-order valence-corrected chi connectivity index (χ3v) is 9.64. The minimum Gasteiger partial charge on any atom is -0.477 e. The number of thioether (sulfide) groups is 2. The van der Waals surface area contributed by atoms with E-state index in [4.69, 9.17) is 0 Å². The topological polar surface area (TPSA) is 107 Å². The quantitative estimate of drug-likeness (QED) is 0.296. The van der Waals surface area contributed by atoms with Crippen molar-refractivity contribution in [2.45, 2.75) is 35.6 Å². The van der Waals surface area contributed by atoms with Gasteiger partial charge in [-0.2, -0.15) is 0 Å². The number of carboxylic acids is 1. The number of amides is 3. The van der Waals surface area contributed by atoms with Crippen molar-refractivity contribution in [2.75, 3.05) is 24.6 Å². The predicted molar refractivity (Wildman–Crippen MR) is 146 cm³/mol. The molecule has 2 atom stereocenters. The molecule has 2 N–H and O–H groups in total. The summed E-state index contributed by atoms with van der Waals surface area (Å²) in [4.78, 5) is 54.7. The molecule has 0 aromatic heterocycles. The number of carbonyl (C=O) groups excluding carboxylic acids is 3. The van der Waals surface area contributed by atoms with Crippen molar-refractivity contribution < 1.29 is 24.3 Å². The lowest BCUT2D eigenvalue weighted by molar-refractivity contribution is -0.150. The number of hydrogen-bond acceptors (Lipinski definition) is 6. The van der Waals surface area contributed by atoms with Crippen LogP contribution in [0.3, 0.4) is 0 Å². The minimum atomic E-state index is -1.20. The highest BCUT2D eigenvalue weighted by atomic mass is 32.2. The maximum absolute atomic E-state index is 13.0. The van der Waals surface area contributed by atoms with Crippen LogP contribution < -0.4 is 5.32 Å². The number of nitrogens with zero attached hydrogens (tertiary/aromatic N) is 2. The second kappa shape index (κ2) is 10.1. The first-order valence-electron chi connectivity index (χ1n) is 12.7. The van der Waals surface area contributed by atoms with Crippen LogP contribution in [0.2, 0.25) is 0 Å². The molecule has 2 aromatic rings. The molecule has 0 bridgehead atoms. The lowest BCUT2D eigenvalue weighted by Crippen LogP contribution is -2.70. The molecule has 2 saturated heterocycles. The van der Waals surface area contributed by atoms with Crippen molar-refractivity contribution in [2.24, 2.45) is 5.92 Å². The van der Waals surface area contributed by atoms with Gasteiger partial charge in [-0.05, 0) is 59.7 Å². The molecule has 0 spiro atoms. The summed E-state index contributed by atoms with van der Waals surface area (Å²) < 4.78 is 0. The van der Waals surface area contributed by atoms with E-state index in [1.165, 1.54) is 28.4 Å². The zero-order valence-electron chi connectivity index (χ0n) is 20.6. The first kappa shape index (κ1) is 25.1. The zero-order chi connectivity index (χ0) is 26.4. The summed E-state index contributed by atoms with van der Waals surface area (Å²) in [6.45, 7) is 1.42. The average Bonchev–Trinajstić information content (AvgIpc) is 3.68. The van der Waals surface area contributed by atoms with Crippen LogP contribution in [-0.4, -0.2) is 74.6 Å². The second-order valence-electron chi connectivity index (χ2n) is 10.0. The Morgan fingerprint density at radius 1 is 1.13 bits per heavy atom. The normalized spacial score (nSPS) is 24.2. The van der Waals surface area contributed by atoms with Crippen molar-refractivity contribution >= 4 is 58.0 Å². The van der Waals surface area contributed by atoms with Crippen molar-refractivity contribution in [3.05, 3.63) is 65.4 Å². The van der Waals surface area contributed by atoms with Gasteiger partial charge in [-0.1, -0.05) is 30.3 Å². The van der Waals surface area contributed by atoms with Gasteiger partial charge in [0.15, 0.2) is 0 Å². The maximum atomic E-state index is 13.0. The number of β-lactam (4-membered cyclic amide) rings is 1. The van der Waals surface area contributed by atoms with Gasteiger partial charge >= 0.3 is 5.97 Å². The van der Waals surface area contributed by atoms with Gasteiger partial charge in [0.2, 0.25) is 11.8 Å². The molecule has 2 aromatic carbocycles. The van der Waals surface area contributed by atoms with Gasteiger partial charge in [-0.15, -0.1) is 23.5 Å². The molecule has 3 fully saturated rings. The molecule has 4 aliphatic rings. The van der Waals surface area contributed by atoms with Crippen LogP contribution in [0.5, 0.6) is 0 Å². The molecule has 3 aliphatic heterocycles. The van der Waals surface area contributed by atoms with Gasteiger partial charge in [-0.25, -0.2) is 4.79 Å². The SMILES string of the molecule is O=C(CSc1ccc2ccccc2c1)NC1C(=O)N2C(C(=O)O)=C(C=C3CCN(CC4CC4)C3=O)CSC12. The predicted octanol–water partition coefficient (Wildman–Crippen LogP) is 3.24. The molecule has 1 saturated carbocycles. The number of benzene rings is 2. The van der Waals surface area contributed by atoms with Crippen LogP contribution in [0, 0.1) is 5.92 Å².